The van der Waals surface area contributed by atoms with Crippen molar-refractivity contribution in [2.75, 3.05) is 0 Å². The minimum atomic E-state index is -1.28. The Kier molecular flexibility index (Phi) is 3.35. The molecule has 0 saturated carbocycles. The summed E-state index contributed by atoms with van der Waals surface area (Å²) < 4.78 is 4.52. The molecule has 0 fully saturated rings. The highest BCUT2D eigenvalue weighted by atomic mass is 16.7. The number of carbonyl (C=O) groups is 1. The molecule has 0 bridgehead atoms. The van der Waals surface area contributed by atoms with E-state index in [9.17, 15) is 4.79 Å². The summed E-state index contributed by atoms with van der Waals surface area (Å²) in [5.74, 6) is 0.361. The quantitative estimate of drug-likeness (QED) is 0.599. The van der Waals surface area contributed by atoms with Crippen LogP contribution in [0.5, 0.6) is 5.75 Å². The van der Waals surface area contributed by atoms with Crippen LogP contribution in [0.3, 0.4) is 0 Å². The smallest absolute Gasteiger partial charge is 0.449 e. The van der Waals surface area contributed by atoms with Gasteiger partial charge in [-0.2, -0.15) is 0 Å². The zero-order valence-electron chi connectivity index (χ0n) is 9.28. The summed E-state index contributed by atoms with van der Waals surface area (Å²) in [5.41, 5.74) is 1.41. The van der Waals surface area contributed by atoms with Gasteiger partial charge in [0.25, 0.3) is 0 Å². The van der Waals surface area contributed by atoms with Crippen molar-refractivity contribution in [3.8, 4) is 5.75 Å². The fourth-order valence-corrected chi connectivity index (χ4v) is 1.39. The average molecular weight is 208 g/mol. The first-order valence-corrected chi connectivity index (χ1v) is 4.86. The van der Waals surface area contributed by atoms with E-state index < -0.39 is 6.16 Å². The van der Waals surface area contributed by atoms with Gasteiger partial charge >= 0.3 is 6.16 Å². The van der Waals surface area contributed by atoms with Crippen LogP contribution in [-0.4, -0.2) is 11.3 Å². The lowest BCUT2D eigenvalue weighted by Crippen LogP contribution is -2.09. The van der Waals surface area contributed by atoms with Crippen molar-refractivity contribution in [3.05, 3.63) is 29.8 Å². The minimum Gasteiger partial charge on any atom is -0.449 e. The highest BCUT2D eigenvalue weighted by molar-refractivity contribution is 5.61. The lowest BCUT2D eigenvalue weighted by atomic mass is 9.88. The summed E-state index contributed by atoms with van der Waals surface area (Å²) >= 11 is 0. The Balaban J connectivity index is 2.68. The number of benzene rings is 1. The van der Waals surface area contributed by atoms with Crippen molar-refractivity contribution in [2.24, 2.45) is 5.41 Å². The third kappa shape index (κ3) is 4.49. The van der Waals surface area contributed by atoms with Gasteiger partial charge in [-0.3, -0.25) is 0 Å². The molecule has 0 aliphatic rings. The van der Waals surface area contributed by atoms with Gasteiger partial charge in [-0.15, -0.1) is 0 Å². The molecule has 82 valence electrons. The fourth-order valence-electron chi connectivity index (χ4n) is 1.39. The lowest BCUT2D eigenvalue weighted by Gasteiger charge is -2.17. The van der Waals surface area contributed by atoms with Crippen LogP contribution in [-0.2, 0) is 6.42 Å². The Morgan fingerprint density at radius 2 is 1.80 bits per heavy atom. The van der Waals surface area contributed by atoms with E-state index in [1.807, 2.05) is 12.1 Å². The van der Waals surface area contributed by atoms with Crippen molar-refractivity contribution in [1.82, 2.24) is 0 Å². The van der Waals surface area contributed by atoms with E-state index in [0.717, 1.165) is 6.42 Å². The Morgan fingerprint density at radius 1 is 1.27 bits per heavy atom. The maximum absolute atomic E-state index is 10.3. The molecule has 0 spiro atoms. The first kappa shape index (κ1) is 11.6. The SMILES string of the molecule is CC(C)(C)Cc1ccc(OC(=O)O)cc1. The Hall–Kier alpha value is -1.51. The first-order valence-electron chi connectivity index (χ1n) is 4.86. The third-order valence-corrected chi connectivity index (χ3v) is 1.86. The van der Waals surface area contributed by atoms with E-state index in [1.54, 1.807) is 12.1 Å². The molecule has 15 heavy (non-hydrogen) atoms. The van der Waals surface area contributed by atoms with E-state index in [2.05, 4.69) is 25.5 Å². The van der Waals surface area contributed by atoms with Crippen LogP contribution in [0.2, 0.25) is 0 Å². The molecule has 0 aliphatic carbocycles. The van der Waals surface area contributed by atoms with Crippen LogP contribution in [0, 0.1) is 5.41 Å². The highest BCUT2D eigenvalue weighted by Gasteiger charge is 2.11. The molecule has 1 aromatic carbocycles. The molecule has 1 rings (SSSR count). The second kappa shape index (κ2) is 4.34. The van der Waals surface area contributed by atoms with Crippen molar-refractivity contribution >= 4 is 6.16 Å². The Bertz CT molecular complexity index is 333. The summed E-state index contributed by atoms with van der Waals surface area (Å²) in [4.78, 5) is 10.3. The molecular formula is C12H16O3. The Morgan fingerprint density at radius 3 is 2.20 bits per heavy atom. The average Bonchev–Trinajstić information content (AvgIpc) is 2.05. The molecule has 3 heteroatoms. The first-order chi connectivity index (χ1) is 6.87. The summed E-state index contributed by atoms with van der Waals surface area (Å²) in [6, 6.07) is 7.14. The standard InChI is InChI=1S/C12H16O3/c1-12(2,3)8-9-4-6-10(7-5-9)15-11(13)14/h4-7H,8H2,1-3H3,(H,13,14). The molecule has 0 aliphatic heterocycles. The van der Waals surface area contributed by atoms with Crippen LogP contribution in [0.4, 0.5) is 4.79 Å². The summed E-state index contributed by atoms with van der Waals surface area (Å²) in [5, 5.41) is 8.40. The third-order valence-electron chi connectivity index (χ3n) is 1.86. The second-order valence-corrected chi connectivity index (χ2v) is 4.75. The molecule has 3 nitrogen and oxygen atoms in total. The predicted molar refractivity (Wildman–Crippen MR) is 58.3 cm³/mol. The van der Waals surface area contributed by atoms with Crippen molar-refractivity contribution in [1.29, 1.82) is 0 Å². The zero-order valence-corrected chi connectivity index (χ0v) is 9.28. The largest absolute Gasteiger partial charge is 0.511 e. The normalized spacial score (nSPS) is 11.1. The topological polar surface area (TPSA) is 46.5 Å². The van der Waals surface area contributed by atoms with Crippen molar-refractivity contribution in [3.63, 3.8) is 0 Å². The summed E-state index contributed by atoms with van der Waals surface area (Å²) in [7, 11) is 0. The van der Waals surface area contributed by atoms with Gasteiger partial charge in [0.05, 0.1) is 0 Å². The maximum Gasteiger partial charge on any atom is 0.511 e. The van der Waals surface area contributed by atoms with E-state index in [0.29, 0.717) is 5.75 Å². The number of hydrogen-bond acceptors (Lipinski definition) is 2. The molecule has 0 amide bonds. The van der Waals surface area contributed by atoms with E-state index in [4.69, 9.17) is 5.11 Å². The monoisotopic (exact) mass is 208 g/mol. The van der Waals surface area contributed by atoms with Crippen molar-refractivity contribution < 1.29 is 14.6 Å². The molecule has 0 saturated heterocycles. The second-order valence-electron chi connectivity index (χ2n) is 4.75. The summed E-state index contributed by atoms with van der Waals surface area (Å²) in [6.07, 6.45) is -0.320. The van der Waals surface area contributed by atoms with Crippen LogP contribution in [0.25, 0.3) is 0 Å². The molecule has 1 N–H and O–H groups in total. The van der Waals surface area contributed by atoms with Gasteiger partial charge in [0.1, 0.15) is 5.75 Å². The summed E-state index contributed by atoms with van der Waals surface area (Å²) in [6.45, 7) is 6.48. The van der Waals surface area contributed by atoms with Crippen LogP contribution in [0.15, 0.2) is 24.3 Å². The minimum absolute atomic E-state index is 0.231. The molecule has 0 heterocycles. The maximum atomic E-state index is 10.3. The van der Waals surface area contributed by atoms with Crippen LogP contribution >= 0.6 is 0 Å². The predicted octanol–water partition coefficient (Wildman–Crippen LogP) is 3.33. The van der Waals surface area contributed by atoms with E-state index in [-0.39, 0.29) is 5.41 Å². The highest BCUT2D eigenvalue weighted by Crippen LogP contribution is 2.22. The molecular weight excluding hydrogens is 192 g/mol. The van der Waals surface area contributed by atoms with E-state index >= 15 is 0 Å². The van der Waals surface area contributed by atoms with Gasteiger partial charge in [-0.25, -0.2) is 4.79 Å². The number of rotatable bonds is 2. The van der Waals surface area contributed by atoms with Gasteiger partial charge in [-0.1, -0.05) is 32.9 Å². The zero-order chi connectivity index (χ0) is 11.5. The molecule has 0 unspecified atom stereocenters. The molecule has 0 atom stereocenters. The van der Waals surface area contributed by atoms with Gasteiger partial charge in [0, 0.05) is 0 Å². The molecule has 0 radical (unpaired) electrons. The van der Waals surface area contributed by atoms with Gasteiger partial charge in [0.2, 0.25) is 0 Å². The van der Waals surface area contributed by atoms with Crippen LogP contribution < -0.4 is 4.74 Å². The number of ether oxygens (including phenoxy) is 1. The lowest BCUT2D eigenvalue weighted by molar-refractivity contribution is 0.144. The fraction of sp³-hybridized carbons (Fsp3) is 0.417. The Labute approximate surface area is 89.7 Å². The number of carboxylic acid groups (broad SMARTS) is 1. The van der Waals surface area contributed by atoms with Gasteiger partial charge in [-0.05, 0) is 29.5 Å². The van der Waals surface area contributed by atoms with E-state index in [1.165, 1.54) is 5.56 Å². The van der Waals surface area contributed by atoms with Crippen molar-refractivity contribution in [2.45, 2.75) is 27.2 Å². The number of hydrogen-bond donors (Lipinski definition) is 1. The van der Waals surface area contributed by atoms with Gasteiger partial charge in [0.15, 0.2) is 0 Å². The van der Waals surface area contributed by atoms with Crippen LogP contribution in [0.1, 0.15) is 26.3 Å². The molecule has 0 aromatic heterocycles. The molecule has 1 aromatic rings. The van der Waals surface area contributed by atoms with Gasteiger partial charge < -0.3 is 9.84 Å².